The van der Waals surface area contributed by atoms with Crippen LogP contribution in [0.25, 0.3) is 0 Å². The van der Waals surface area contributed by atoms with Crippen LogP contribution in [-0.2, 0) is 9.53 Å². The van der Waals surface area contributed by atoms with Crippen LogP contribution in [0.1, 0.15) is 18.9 Å². The molecule has 0 spiro atoms. The van der Waals surface area contributed by atoms with Gasteiger partial charge in [-0.25, -0.2) is 4.39 Å². The first-order chi connectivity index (χ1) is 8.11. The summed E-state index contributed by atoms with van der Waals surface area (Å²) in [7, 11) is 0. The Balaban J connectivity index is 2.01. The minimum Gasteiger partial charge on any atom is -0.487 e. The summed E-state index contributed by atoms with van der Waals surface area (Å²) < 4.78 is 24.1. The maximum absolute atomic E-state index is 13.3. The Morgan fingerprint density at radius 1 is 1.47 bits per heavy atom. The number of ketones is 1. The molecule has 1 aromatic rings. The molecule has 92 valence electrons. The predicted molar refractivity (Wildman–Crippen MR) is 60.6 cm³/mol. The van der Waals surface area contributed by atoms with E-state index in [1.54, 1.807) is 19.1 Å². The summed E-state index contributed by atoms with van der Waals surface area (Å²) in [6, 6.07) is 4.69. The standard InChI is InChI=1S/C13H15FO3/c1-3-16-13-11(15)7-12(13)17-9-5-4-8(2)10(14)6-9/h4-6,12-13H,3,7H2,1-2H3. The van der Waals surface area contributed by atoms with E-state index in [9.17, 15) is 9.18 Å². The summed E-state index contributed by atoms with van der Waals surface area (Å²) in [4.78, 5) is 11.3. The smallest absolute Gasteiger partial charge is 0.169 e. The van der Waals surface area contributed by atoms with E-state index in [0.717, 1.165) is 0 Å². The average Bonchev–Trinajstić information content (AvgIpc) is 2.30. The van der Waals surface area contributed by atoms with Gasteiger partial charge in [0.1, 0.15) is 17.7 Å². The molecule has 0 N–H and O–H groups in total. The number of hydrogen-bond acceptors (Lipinski definition) is 3. The fourth-order valence-electron chi connectivity index (χ4n) is 1.77. The second-order valence-electron chi connectivity index (χ2n) is 4.11. The predicted octanol–water partition coefficient (Wildman–Crippen LogP) is 2.26. The van der Waals surface area contributed by atoms with Gasteiger partial charge in [-0.2, -0.15) is 0 Å². The molecule has 2 rings (SSSR count). The van der Waals surface area contributed by atoms with E-state index >= 15 is 0 Å². The number of benzene rings is 1. The van der Waals surface area contributed by atoms with Gasteiger partial charge in [0.25, 0.3) is 0 Å². The van der Waals surface area contributed by atoms with Crippen LogP contribution in [-0.4, -0.2) is 24.6 Å². The van der Waals surface area contributed by atoms with Crippen molar-refractivity contribution in [3.63, 3.8) is 0 Å². The monoisotopic (exact) mass is 238 g/mol. The number of rotatable bonds is 4. The Labute approximate surface area is 99.5 Å². The molecule has 0 aliphatic heterocycles. The normalized spacial score (nSPS) is 23.4. The third kappa shape index (κ3) is 2.47. The van der Waals surface area contributed by atoms with Gasteiger partial charge < -0.3 is 9.47 Å². The van der Waals surface area contributed by atoms with Crippen molar-refractivity contribution in [2.45, 2.75) is 32.5 Å². The summed E-state index contributed by atoms with van der Waals surface area (Å²) >= 11 is 0. The largest absolute Gasteiger partial charge is 0.487 e. The van der Waals surface area contributed by atoms with Crippen molar-refractivity contribution in [3.05, 3.63) is 29.6 Å². The Morgan fingerprint density at radius 3 is 2.82 bits per heavy atom. The van der Waals surface area contributed by atoms with Gasteiger partial charge in [0.05, 0.1) is 0 Å². The highest BCUT2D eigenvalue weighted by Crippen LogP contribution is 2.26. The molecule has 1 aliphatic carbocycles. The molecule has 17 heavy (non-hydrogen) atoms. The van der Waals surface area contributed by atoms with E-state index in [2.05, 4.69) is 0 Å². The third-order valence-electron chi connectivity index (χ3n) is 2.83. The number of carbonyl (C=O) groups excluding carboxylic acids is 1. The van der Waals surface area contributed by atoms with Gasteiger partial charge in [0, 0.05) is 19.1 Å². The van der Waals surface area contributed by atoms with Crippen molar-refractivity contribution in [1.29, 1.82) is 0 Å². The third-order valence-corrected chi connectivity index (χ3v) is 2.83. The van der Waals surface area contributed by atoms with E-state index < -0.39 is 6.10 Å². The van der Waals surface area contributed by atoms with Crippen molar-refractivity contribution in [2.75, 3.05) is 6.61 Å². The van der Waals surface area contributed by atoms with E-state index in [1.165, 1.54) is 6.07 Å². The van der Waals surface area contributed by atoms with Crippen LogP contribution in [0, 0.1) is 12.7 Å². The van der Waals surface area contributed by atoms with E-state index in [4.69, 9.17) is 9.47 Å². The second-order valence-corrected chi connectivity index (χ2v) is 4.11. The lowest BCUT2D eigenvalue weighted by molar-refractivity contribution is -0.154. The fraction of sp³-hybridized carbons (Fsp3) is 0.462. The Kier molecular flexibility index (Phi) is 3.43. The molecule has 1 aliphatic rings. The topological polar surface area (TPSA) is 35.5 Å². The van der Waals surface area contributed by atoms with Crippen molar-refractivity contribution in [2.24, 2.45) is 0 Å². The molecule has 0 aromatic heterocycles. The molecule has 3 nitrogen and oxygen atoms in total. The van der Waals surface area contributed by atoms with Crippen molar-refractivity contribution in [3.8, 4) is 5.75 Å². The zero-order valence-electron chi connectivity index (χ0n) is 9.90. The van der Waals surface area contributed by atoms with Crippen LogP contribution in [0.2, 0.25) is 0 Å². The molecule has 2 unspecified atom stereocenters. The van der Waals surface area contributed by atoms with Crippen LogP contribution < -0.4 is 4.74 Å². The molecule has 2 atom stereocenters. The van der Waals surface area contributed by atoms with Crippen LogP contribution >= 0.6 is 0 Å². The number of carbonyl (C=O) groups is 1. The van der Waals surface area contributed by atoms with Gasteiger partial charge in [-0.3, -0.25) is 4.79 Å². The molecule has 0 bridgehead atoms. The van der Waals surface area contributed by atoms with Crippen molar-refractivity contribution >= 4 is 5.78 Å². The summed E-state index contributed by atoms with van der Waals surface area (Å²) in [6.45, 7) is 3.99. The molecule has 0 radical (unpaired) electrons. The summed E-state index contributed by atoms with van der Waals surface area (Å²) in [5, 5.41) is 0. The lowest BCUT2D eigenvalue weighted by Gasteiger charge is -2.34. The zero-order chi connectivity index (χ0) is 12.4. The lowest BCUT2D eigenvalue weighted by atomic mass is 9.90. The second kappa shape index (κ2) is 4.84. The van der Waals surface area contributed by atoms with Crippen LogP contribution in [0.15, 0.2) is 18.2 Å². The van der Waals surface area contributed by atoms with Crippen LogP contribution in [0.4, 0.5) is 4.39 Å². The maximum atomic E-state index is 13.3. The molecule has 1 fully saturated rings. The maximum Gasteiger partial charge on any atom is 0.169 e. The van der Waals surface area contributed by atoms with E-state index in [0.29, 0.717) is 24.3 Å². The van der Waals surface area contributed by atoms with E-state index in [1.807, 2.05) is 6.92 Å². The SMILES string of the molecule is CCOC1C(=O)CC1Oc1ccc(C)c(F)c1. The number of Topliss-reactive ketones (excluding diaryl/α,β-unsaturated/α-hetero) is 1. The summed E-state index contributed by atoms with van der Waals surface area (Å²) in [6.07, 6.45) is -0.450. The van der Waals surface area contributed by atoms with Gasteiger partial charge in [-0.1, -0.05) is 6.07 Å². The van der Waals surface area contributed by atoms with Crippen LogP contribution in [0.3, 0.4) is 0 Å². The first kappa shape index (κ1) is 12.0. The highest BCUT2D eigenvalue weighted by molar-refractivity contribution is 5.90. The van der Waals surface area contributed by atoms with E-state index in [-0.39, 0.29) is 17.7 Å². The highest BCUT2D eigenvalue weighted by atomic mass is 19.1. The Hall–Kier alpha value is -1.42. The first-order valence-electron chi connectivity index (χ1n) is 5.69. The van der Waals surface area contributed by atoms with Crippen molar-refractivity contribution in [1.82, 2.24) is 0 Å². The Bertz CT molecular complexity index is 431. The molecular formula is C13H15FO3. The number of halogens is 1. The number of hydrogen-bond donors (Lipinski definition) is 0. The molecule has 1 aromatic carbocycles. The zero-order valence-corrected chi connectivity index (χ0v) is 9.90. The van der Waals surface area contributed by atoms with Gasteiger partial charge >= 0.3 is 0 Å². The molecule has 1 saturated carbocycles. The quantitative estimate of drug-likeness (QED) is 0.807. The average molecular weight is 238 g/mol. The van der Waals surface area contributed by atoms with Gasteiger partial charge in [0.2, 0.25) is 0 Å². The van der Waals surface area contributed by atoms with Gasteiger partial charge in [-0.05, 0) is 25.5 Å². The Morgan fingerprint density at radius 2 is 2.24 bits per heavy atom. The lowest BCUT2D eigenvalue weighted by Crippen LogP contribution is -2.52. The first-order valence-corrected chi connectivity index (χ1v) is 5.69. The number of aryl methyl sites for hydroxylation is 1. The molecule has 0 amide bonds. The highest BCUT2D eigenvalue weighted by Gasteiger charge is 2.42. The van der Waals surface area contributed by atoms with Crippen molar-refractivity contribution < 1.29 is 18.7 Å². The summed E-state index contributed by atoms with van der Waals surface area (Å²) in [5.74, 6) is 0.181. The van der Waals surface area contributed by atoms with Gasteiger partial charge in [0.15, 0.2) is 11.9 Å². The molecule has 4 heteroatoms. The minimum absolute atomic E-state index is 0.0458. The number of ether oxygens (including phenoxy) is 2. The minimum atomic E-state index is -0.496. The summed E-state index contributed by atoms with van der Waals surface area (Å²) in [5.41, 5.74) is 0.573. The fourth-order valence-corrected chi connectivity index (χ4v) is 1.77. The molecular weight excluding hydrogens is 223 g/mol. The van der Waals surface area contributed by atoms with Crippen LogP contribution in [0.5, 0.6) is 5.75 Å². The molecule has 0 saturated heterocycles. The van der Waals surface area contributed by atoms with Gasteiger partial charge in [-0.15, -0.1) is 0 Å². The molecule has 0 heterocycles.